The van der Waals surface area contributed by atoms with Crippen LogP contribution in [0.4, 0.5) is 0 Å². The molecule has 0 amide bonds. The Labute approximate surface area is 196 Å². The Kier molecular flexibility index (Phi) is 3.94. The summed E-state index contributed by atoms with van der Waals surface area (Å²) in [5, 5.41) is 4.71. The van der Waals surface area contributed by atoms with Crippen molar-refractivity contribution in [1.82, 2.24) is 19.1 Å². The van der Waals surface area contributed by atoms with E-state index in [1.165, 1.54) is 32.9 Å². The number of aromatic nitrogens is 4. The third-order valence-corrected chi connectivity index (χ3v) is 6.85. The minimum atomic E-state index is 0.925. The van der Waals surface area contributed by atoms with E-state index in [1.807, 2.05) is 12.4 Å². The van der Waals surface area contributed by atoms with Gasteiger partial charge in [0.2, 0.25) is 0 Å². The van der Waals surface area contributed by atoms with Crippen molar-refractivity contribution in [3.05, 3.63) is 109 Å². The molecule has 0 bridgehead atoms. The third kappa shape index (κ3) is 2.72. The van der Waals surface area contributed by atoms with Crippen LogP contribution >= 0.6 is 0 Å². The highest BCUT2D eigenvalue weighted by molar-refractivity contribution is 6.03. The number of hydrogen-bond donors (Lipinski definition) is 0. The maximum absolute atomic E-state index is 4.87. The van der Waals surface area contributed by atoms with Crippen LogP contribution in [0.3, 0.4) is 0 Å². The molecule has 4 heteroatoms. The average Bonchev–Trinajstić information content (AvgIpc) is 3.40. The second-order valence-electron chi connectivity index (χ2n) is 8.99. The highest BCUT2D eigenvalue weighted by atomic mass is 15.0. The van der Waals surface area contributed by atoms with Crippen LogP contribution in [-0.2, 0) is 0 Å². The first-order valence-corrected chi connectivity index (χ1v) is 11.5. The number of hydrogen-bond acceptors (Lipinski definition) is 2. The molecule has 0 saturated heterocycles. The number of para-hydroxylation sites is 2. The SMILES string of the molecule is Cc1cn(-c2cnc3c(ccc4cc(-n5cc(C)c6ccccc65)cnc43)c2)c2ccccc12. The third-order valence-electron chi connectivity index (χ3n) is 6.85. The summed E-state index contributed by atoms with van der Waals surface area (Å²) in [7, 11) is 0. The number of fused-ring (bicyclic) bond motifs is 5. The predicted molar refractivity (Wildman–Crippen MR) is 140 cm³/mol. The average molecular weight is 439 g/mol. The lowest BCUT2D eigenvalue weighted by Gasteiger charge is -2.10. The lowest BCUT2D eigenvalue weighted by atomic mass is 10.1. The fourth-order valence-corrected chi connectivity index (χ4v) is 5.16. The van der Waals surface area contributed by atoms with Gasteiger partial charge in [-0.15, -0.1) is 0 Å². The fraction of sp³-hybridized carbons (Fsp3) is 0.0667. The monoisotopic (exact) mass is 438 g/mol. The van der Waals surface area contributed by atoms with Gasteiger partial charge in [-0.2, -0.15) is 0 Å². The van der Waals surface area contributed by atoms with E-state index in [2.05, 4.69) is 108 Å². The Bertz CT molecular complexity index is 1750. The second kappa shape index (κ2) is 7.03. The summed E-state index contributed by atoms with van der Waals surface area (Å²) in [4.78, 5) is 9.74. The van der Waals surface area contributed by atoms with Crippen LogP contribution < -0.4 is 0 Å². The largest absolute Gasteiger partial charge is 0.315 e. The first kappa shape index (κ1) is 19.1. The van der Waals surface area contributed by atoms with Gasteiger partial charge in [0.15, 0.2) is 0 Å². The van der Waals surface area contributed by atoms with E-state index in [1.54, 1.807) is 0 Å². The lowest BCUT2D eigenvalue weighted by Crippen LogP contribution is -1.96. The Balaban J connectivity index is 1.38. The molecule has 0 aliphatic carbocycles. The van der Waals surface area contributed by atoms with E-state index in [0.29, 0.717) is 0 Å². The number of aryl methyl sites for hydroxylation is 2. The Hall–Kier alpha value is -4.44. The summed E-state index contributed by atoms with van der Waals surface area (Å²) >= 11 is 0. The molecular weight excluding hydrogens is 416 g/mol. The van der Waals surface area contributed by atoms with E-state index >= 15 is 0 Å². The van der Waals surface area contributed by atoms with Gasteiger partial charge in [0.25, 0.3) is 0 Å². The van der Waals surface area contributed by atoms with Crippen molar-refractivity contribution in [3.63, 3.8) is 0 Å². The summed E-state index contributed by atoms with van der Waals surface area (Å²) in [6, 6.07) is 25.7. The number of rotatable bonds is 2. The first-order valence-electron chi connectivity index (χ1n) is 11.5. The zero-order valence-corrected chi connectivity index (χ0v) is 19.0. The summed E-state index contributed by atoms with van der Waals surface area (Å²) in [5.74, 6) is 0. The van der Waals surface area contributed by atoms with Gasteiger partial charge in [0, 0.05) is 33.9 Å². The molecule has 0 unspecified atom stereocenters. The van der Waals surface area contributed by atoms with Crippen molar-refractivity contribution in [1.29, 1.82) is 0 Å². The minimum Gasteiger partial charge on any atom is -0.315 e. The zero-order chi connectivity index (χ0) is 22.8. The molecule has 34 heavy (non-hydrogen) atoms. The van der Waals surface area contributed by atoms with Crippen LogP contribution in [0.2, 0.25) is 0 Å². The van der Waals surface area contributed by atoms with Gasteiger partial charge in [-0.25, -0.2) is 0 Å². The highest BCUT2D eigenvalue weighted by Gasteiger charge is 2.12. The smallest absolute Gasteiger partial charge is 0.0966 e. The molecule has 4 aromatic heterocycles. The summed E-state index contributed by atoms with van der Waals surface area (Å²) in [5.41, 5.74) is 8.87. The van der Waals surface area contributed by atoms with Gasteiger partial charge in [-0.3, -0.25) is 9.97 Å². The van der Waals surface area contributed by atoms with Crippen molar-refractivity contribution in [2.75, 3.05) is 0 Å². The topological polar surface area (TPSA) is 35.6 Å². The van der Waals surface area contributed by atoms with E-state index in [4.69, 9.17) is 9.97 Å². The molecule has 162 valence electrons. The number of benzene rings is 3. The van der Waals surface area contributed by atoms with Gasteiger partial charge in [0.1, 0.15) is 0 Å². The number of nitrogens with zero attached hydrogens (tertiary/aromatic N) is 4. The van der Waals surface area contributed by atoms with Gasteiger partial charge < -0.3 is 9.13 Å². The van der Waals surface area contributed by atoms with E-state index in [-0.39, 0.29) is 0 Å². The molecule has 4 heterocycles. The second-order valence-corrected chi connectivity index (χ2v) is 8.99. The van der Waals surface area contributed by atoms with Crippen molar-refractivity contribution >= 4 is 43.6 Å². The molecule has 0 spiro atoms. The van der Waals surface area contributed by atoms with E-state index < -0.39 is 0 Å². The maximum Gasteiger partial charge on any atom is 0.0966 e. The molecule has 7 aromatic rings. The lowest BCUT2D eigenvalue weighted by molar-refractivity contribution is 1.10. The van der Waals surface area contributed by atoms with Crippen LogP contribution in [0.1, 0.15) is 11.1 Å². The summed E-state index contributed by atoms with van der Waals surface area (Å²) < 4.78 is 4.44. The van der Waals surface area contributed by atoms with E-state index in [0.717, 1.165) is 33.2 Å². The van der Waals surface area contributed by atoms with Crippen LogP contribution in [0, 0.1) is 13.8 Å². The van der Waals surface area contributed by atoms with Crippen molar-refractivity contribution in [2.24, 2.45) is 0 Å². The van der Waals surface area contributed by atoms with Crippen LogP contribution in [-0.4, -0.2) is 19.1 Å². The molecule has 0 N–H and O–H groups in total. The molecule has 0 aliphatic rings. The van der Waals surface area contributed by atoms with Crippen LogP contribution in [0.5, 0.6) is 0 Å². The Morgan fingerprint density at radius 3 is 1.47 bits per heavy atom. The van der Waals surface area contributed by atoms with Crippen molar-refractivity contribution < 1.29 is 0 Å². The summed E-state index contributed by atoms with van der Waals surface area (Å²) in [6.45, 7) is 4.30. The molecule has 0 atom stereocenters. The van der Waals surface area contributed by atoms with Crippen LogP contribution in [0.15, 0.2) is 97.6 Å². The van der Waals surface area contributed by atoms with Gasteiger partial charge in [-0.05, 0) is 49.2 Å². The van der Waals surface area contributed by atoms with Gasteiger partial charge in [0.05, 0.1) is 45.8 Å². The Morgan fingerprint density at radius 1 is 0.559 bits per heavy atom. The molecular formula is C30H22N4. The first-order chi connectivity index (χ1) is 16.7. The molecule has 0 aliphatic heterocycles. The molecule has 3 aromatic carbocycles. The maximum atomic E-state index is 4.87. The normalized spacial score (nSPS) is 11.8. The standard InChI is InChI=1S/C30H22N4/c1-19-17-33(27-9-5-3-7-25(19)27)23-13-21-11-12-22-14-24(16-32-30(22)29(21)31-15-23)34-18-20(2)26-8-4-6-10-28(26)34/h3-18H,1-2H3. The molecule has 0 radical (unpaired) electrons. The fourth-order valence-electron chi connectivity index (χ4n) is 5.16. The van der Waals surface area contributed by atoms with Gasteiger partial charge >= 0.3 is 0 Å². The summed E-state index contributed by atoms with van der Waals surface area (Å²) in [6.07, 6.45) is 8.27. The van der Waals surface area contributed by atoms with Gasteiger partial charge in [-0.1, -0.05) is 48.5 Å². The van der Waals surface area contributed by atoms with E-state index in [9.17, 15) is 0 Å². The van der Waals surface area contributed by atoms with Crippen molar-refractivity contribution in [3.8, 4) is 11.4 Å². The Morgan fingerprint density at radius 2 is 1.00 bits per heavy atom. The molecule has 4 nitrogen and oxygen atoms in total. The predicted octanol–water partition coefficient (Wildman–Crippen LogP) is 7.29. The quantitative estimate of drug-likeness (QED) is 0.266. The zero-order valence-electron chi connectivity index (χ0n) is 19.0. The number of pyridine rings is 2. The highest BCUT2D eigenvalue weighted by Crippen LogP contribution is 2.30. The molecule has 0 fully saturated rings. The molecule has 7 rings (SSSR count). The van der Waals surface area contributed by atoms with Crippen LogP contribution in [0.25, 0.3) is 55.0 Å². The van der Waals surface area contributed by atoms with Crippen molar-refractivity contribution in [2.45, 2.75) is 13.8 Å². The molecule has 0 saturated carbocycles. The minimum absolute atomic E-state index is 0.925.